The van der Waals surface area contributed by atoms with Crippen LogP contribution in [0.3, 0.4) is 0 Å². The maximum atomic E-state index is 15.8. The topological polar surface area (TPSA) is 339 Å². The average molecular weight is 1280 g/mol. The zero-order valence-corrected chi connectivity index (χ0v) is 54.4. The van der Waals surface area contributed by atoms with Crippen molar-refractivity contribution in [1.29, 1.82) is 0 Å². The summed E-state index contributed by atoms with van der Waals surface area (Å²) in [6, 6.07) is 14.1. The normalized spacial score (nSPS) is 23.1. The second-order valence-corrected chi connectivity index (χ2v) is 25.4. The molecule has 2 aromatic rings. The molecule has 4 unspecified atom stereocenters. The summed E-state index contributed by atoms with van der Waals surface area (Å²) < 4.78 is 63.1. The Bertz CT molecular complexity index is 2660. The van der Waals surface area contributed by atoms with E-state index in [4.69, 9.17) is 47.9 Å². The van der Waals surface area contributed by atoms with Gasteiger partial charge in [-0.25, -0.2) is 14.2 Å². The molecule has 0 amide bonds. The number of nitrogens with two attached hydrogens (primary N) is 1. The molecule has 0 spiro atoms. The molecule has 0 aliphatic heterocycles. The molecule has 0 saturated heterocycles. The maximum absolute atomic E-state index is 15.8. The number of rotatable bonds is 40. The van der Waals surface area contributed by atoms with Crippen molar-refractivity contribution in [2.45, 2.75) is 219 Å². The van der Waals surface area contributed by atoms with E-state index >= 15 is 4.79 Å². The van der Waals surface area contributed by atoms with E-state index in [1.165, 1.54) is 124 Å². The first-order valence-electron chi connectivity index (χ1n) is 31.3. The molecule has 12 atom stereocenters. The first-order valence-corrected chi connectivity index (χ1v) is 32.8. The van der Waals surface area contributed by atoms with Crippen LogP contribution in [0.1, 0.15) is 187 Å². The summed E-state index contributed by atoms with van der Waals surface area (Å²) in [7, 11) is -3.35. The summed E-state index contributed by atoms with van der Waals surface area (Å²) in [5.74, 6) is -8.38. The summed E-state index contributed by atoms with van der Waals surface area (Å²) in [6.07, 6.45) is 2.81. The summed E-state index contributed by atoms with van der Waals surface area (Å²) in [4.78, 5) is 108. The van der Waals surface area contributed by atoms with Gasteiger partial charge in [0, 0.05) is 52.4 Å². The van der Waals surface area contributed by atoms with Crippen LogP contribution < -0.4 is 11.1 Å². The van der Waals surface area contributed by atoms with Gasteiger partial charge in [0.15, 0.2) is 24.1 Å². The molecule has 2 aliphatic rings. The fourth-order valence-electron chi connectivity index (χ4n) is 12.2. The first kappa shape index (κ1) is 76.0. The lowest BCUT2D eigenvalue weighted by atomic mass is 9.49. The molecule has 2 aromatic carbocycles. The van der Waals surface area contributed by atoms with Crippen LogP contribution in [0.5, 0.6) is 0 Å². The highest BCUT2D eigenvalue weighted by Gasteiger charge is 2.70. The Kier molecular flexibility index (Phi) is 31.7. The molecule has 2 aliphatic carbocycles. The van der Waals surface area contributed by atoms with E-state index in [2.05, 4.69) is 12.2 Å². The third-order valence-electron chi connectivity index (χ3n) is 17.1. The van der Waals surface area contributed by atoms with Crippen molar-refractivity contribution in [3.05, 3.63) is 82.9 Å². The van der Waals surface area contributed by atoms with Gasteiger partial charge in [0.25, 0.3) is 0 Å². The summed E-state index contributed by atoms with van der Waals surface area (Å²) >= 11 is 0. The zero-order valence-electron chi connectivity index (χ0n) is 53.5. The zero-order chi connectivity index (χ0) is 66.0. The quantitative estimate of drug-likeness (QED) is 0.0120. The largest absolute Gasteiger partial charge is 0.472 e. The van der Waals surface area contributed by atoms with Crippen molar-refractivity contribution in [3.63, 3.8) is 0 Å². The van der Waals surface area contributed by atoms with Gasteiger partial charge < -0.3 is 59.1 Å². The molecule has 4 rings (SSSR count). The monoisotopic (exact) mass is 1270 g/mol. The number of nitrogens with one attached hydrogen (secondary N) is 1. The van der Waals surface area contributed by atoms with E-state index in [-0.39, 0.29) is 54.9 Å². The van der Waals surface area contributed by atoms with E-state index in [0.29, 0.717) is 6.42 Å². The molecule has 0 aromatic heterocycles. The Morgan fingerprint density at radius 1 is 0.753 bits per heavy atom. The van der Waals surface area contributed by atoms with Crippen molar-refractivity contribution in [2.75, 3.05) is 46.6 Å². The number of hydrogen-bond acceptors (Lipinski definition) is 22. The van der Waals surface area contributed by atoms with Crippen molar-refractivity contribution in [1.82, 2.24) is 5.32 Å². The van der Waals surface area contributed by atoms with Crippen molar-refractivity contribution >= 4 is 49.4 Å². The van der Waals surface area contributed by atoms with Gasteiger partial charge in [0.05, 0.1) is 48.8 Å². The molecular weight excluding hydrogens is 1180 g/mol. The van der Waals surface area contributed by atoms with Gasteiger partial charge in [-0.05, 0) is 62.5 Å². The lowest BCUT2D eigenvalue weighted by Crippen LogP contribution is -2.72. The number of ether oxygens (including phenoxy) is 7. The highest BCUT2D eigenvalue weighted by molar-refractivity contribution is 7.47. The molecular formula is C65H99N2O21P. The third kappa shape index (κ3) is 22.1. The van der Waals surface area contributed by atoms with Crippen LogP contribution in [-0.2, 0) is 75.5 Å². The molecule has 0 heterocycles. The predicted octanol–water partition coefficient (Wildman–Crippen LogP) is 8.20. The van der Waals surface area contributed by atoms with Crippen LogP contribution in [0.25, 0.3) is 0 Å². The summed E-state index contributed by atoms with van der Waals surface area (Å²) in [5, 5.41) is 41.0. The smallest absolute Gasteiger partial charge is 0.462 e. The minimum atomic E-state index is -4.72. The van der Waals surface area contributed by atoms with Gasteiger partial charge in [0.2, 0.25) is 0 Å². The molecule has 0 radical (unpaired) electrons. The van der Waals surface area contributed by atoms with Crippen molar-refractivity contribution in [2.24, 2.45) is 22.5 Å². The van der Waals surface area contributed by atoms with Crippen LogP contribution >= 0.6 is 7.82 Å². The number of carbonyl (C=O) groups excluding carboxylic acids is 7. The lowest BCUT2D eigenvalue weighted by molar-refractivity contribution is -0.232. The fraction of sp³-hybridized carbons (Fsp3) is 0.677. The highest BCUT2D eigenvalue weighted by Crippen LogP contribution is 2.59. The number of phosphoric ester groups is 1. The molecule has 1 saturated carbocycles. The summed E-state index contributed by atoms with van der Waals surface area (Å²) in [5.41, 5.74) is -0.766. The molecule has 24 heteroatoms. The number of fused-ring (bicyclic) bond motifs is 2. The Morgan fingerprint density at radius 2 is 1.33 bits per heavy atom. The van der Waals surface area contributed by atoms with Crippen molar-refractivity contribution < 1.29 is 101 Å². The van der Waals surface area contributed by atoms with Crippen LogP contribution in [0.2, 0.25) is 0 Å². The number of unbranched alkanes of at least 4 members (excludes halogenated alkanes) is 13. The van der Waals surface area contributed by atoms with Crippen LogP contribution in [0, 0.1) is 16.7 Å². The first-order chi connectivity index (χ1) is 42.2. The Morgan fingerprint density at radius 3 is 1.88 bits per heavy atom. The third-order valence-corrected chi connectivity index (χ3v) is 18.0. The van der Waals surface area contributed by atoms with Crippen molar-refractivity contribution in [3.8, 4) is 0 Å². The second-order valence-electron chi connectivity index (χ2n) is 24.0. The standard InChI is InChI=1S/C65H99N2O21P/c1-10-11-12-13-14-15-16-17-18-19-20-21-22-29-34-52(71)81-41-49(42-83-89(78,79)82-38-36-66)86-53(72)40-67-56(47-30-25-23-26-31-47)57(73)62(76)87-50-39-65(77)60(88-61(75)48-32-27-24-28-33-48)55(44(3)84-45(4)68)64(8,51(70)35-37-80-9)59(74)58(85-46(5)69)54(43(50)2)63(65,6)7/h23-28,30-33,44,49-51,55-58,60,67,70,73,77H,10-22,29,34-42,66H2,1-9H3,(H,78,79)/t44-,49?,50-,51-,55?,56?,57+,58+,60-,64+,65+/m0/s1. The molecule has 2 bridgehead atoms. The minimum Gasteiger partial charge on any atom is -0.462 e. The van der Waals surface area contributed by atoms with E-state index in [0.717, 1.165) is 39.5 Å². The number of hydrogen-bond donors (Lipinski definition) is 6. The second kappa shape index (κ2) is 37.2. The Balaban J connectivity index is 1.64. The summed E-state index contributed by atoms with van der Waals surface area (Å²) in [6.45, 7) is 8.95. The van der Waals surface area contributed by atoms with E-state index in [1.54, 1.807) is 36.4 Å². The number of ketones is 1. The number of Topliss-reactive ketones (excluding diaryl/α,β-unsaturated/α-hetero) is 1. The molecule has 1 fully saturated rings. The average Bonchev–Trinajstić information content (AvgIpc) is 0.704. The van der Waals surface area contributed by atoms with E-state index in [1.807, 2.05) is 0 Å². The number of esters is 6. The van der Waals surface area contributed by atoms with Gasteiger partial charge in [-0.1, -0.05) is 153 Å². The maximum Gasteiger partial charge on any atom is 0.472 e. The van der Waals surface area contributed by atoms with Gasteiger partial charge in [-0.3, -0.25) is 38.3 Å². The number of aliphatic hydroxyl groups is 3. The van der Waals surface area contributed by atoms with Gasteiger partial charge >= 0.3 is 43.6 Å². The van der Waals surface area contributed by atoms with Crippen LogP contribution in [-0.4, -0.2) is 157 Å². The van der Waals surface area contributed by atoms with Gasteiger partial charge in [-0.15, -0.1) is 0 Å². The molecule has 500 valence electrons. The number of aliphatic hydroxyl groups excluding tert-OH is 2. The highest BCUT2D eigenvalue weighted by atomic mass is 31.2. The molecule has 89 heavy (non-hydrogen) atoms. The van der Waals surface area contributed by atoms with E-state index in [9.17, 15) is 53.5 Å². The number of phosphoric acid groups is 1. The molecule has 7 N–H and O–H groups in total. The van der Waals surface area contributed by atoms with E-state index < -0.39 is 147 Å². The molecule has 23 nitrogen and oxygen atoms in total. The van der Waals surface area contributed by atoms with Crippen LogP contribution in [0.15, 0.2) is 71.8 Å². The Hall–Kier alpha value is -5.46. The number of carbonyl (C=O) groups is 7. The number of benzene rings is 2. The lowest BCUT2D eigenvalue weighted by Gasteiger charge is -2.60. The van der Waals surface area contributed by atoms with Crippen LogP contribution in [0.4, 0.5) is 0 Å². The van der Waals surface area contributed by atoms with Gasteiger partial charge in [-0.2, -0.15) is 0 Å². The van der Waals surface area contributed by atoms with Gasteiger partial charge in [0.1, 0.15) is 30.5 Å². The number of methoxy groups -OCH3 is 1. The fourth-order valence-corrected chi connectivity index (χ4v) is 12.9. The minimum absolute atomic E-state index is 0.0135. The SMILES string of the molecule is CCCCCCCCCCCCCCCCC(=O)OCC(COP(=O)(O)OCCN)OC(=O)CNC(c1ccccc1)[C@@H](O)C(=O)O[C@H]1C[C@@]2(O)[C@@H](OC(=O)c3ccccc3)C([C@H](C)OC(C)=O)[C@@](C)([C@@H](O)CCOC)C(=O)[C@H](OC(C)=O)C(=C1C)C2(C)C. The Labute approximate surface area is 524 Å². The predicted molar refractivity (Wildman–Crippen MR) is 327 cm³/mol.